The normalized spacial score (nSPS) is 19.9. The van der Waals surface area contributed by atoms with Crippen molar-refractivity contribution < 1.29 is 9.84 Å². The minimum Gasteiger partial charge on any atom is -0.497 e. The molecule has 0 amide bonds. The fraction of sp³-hybridized carbons (Fsp3) is 0.571. The van der Waals surface area contributed by atoms with Gasteiger partial charge in [-0.25, -0.2) is 0 Å². The number of hydrogen-bond acceptors (Lipinski definition) is 4. The van der Waals surface area contributed by atoms with Gasteiger partial charge in [0.15, 0.2) is 0 Å². The van der Waals surface area contributed by atoms with E-state index in [1.807, 2.05) is 19.2 Å². The highest BCUT2D eigenvalue weighted by Crippen LogP contribution is 2.21. The van der Waals surface area contributed by atoms with Crippen molar-refractivity contribution in [3.63, 3.8) is 0 Å². The largest absolute Gasteiger partial charge is 0.497 e. The maximum absolute atomic E-state index is 9.56. The SMILES string of the molecule is CN[C@H](CN1CC[C@@H](O)C1)c1cccc(OC)c1.S.S. The van der Waals surface area contributed by atoms with E-state index in [9.17, 15) is 5.11 Å². The molecule has 20 heavy (non-hydrogen) atoms. The van der Waals surface area contributed by atoms with E-state index in [0.717, 1.165) is 31.8 Å². The third-order valence-electron chi connectivity index (χ3n) is 3.53. The first-order chi connectivity index (χ1) is 8.72. The number of ether oxygens (including phenoxy) is 1. The van der Waals surface area contributed by atoms with E-state index in [1.165, 1.54) is 5.56 Å². The van der Waals surface area contributed by atoms with E-state index in [1.54, 1.807) is 7.11 Å². The average Bonchev–Trinajstić information content (AvgIpc) is 2.81. The third-order valence-corrected chi connectivity index (χ3v) is 3.53. The summed E-state index contributed by atoms with van der Waals surface area (Å²) in [6.07, 6.45) is 0.724. The van der Waals surface area contributed by atoms with Gasteiger partial charge in [-0.2, -0.15) is 27.0 Å². The lowest BCUT2D eigenvalue weighted by Gasteiger charge is -2.23. The van der Waals surface area contributed by atoms with Crippen LogP contribution >= 0.6 is 27.0 Å². The molecule has 0 saturated carbocycles. The monoisotopic (exact) mass is 318 g/mol. The van der Waals surface area contributed by atoms with Crippen molar-refractivity contribution in [3.05, 3.63) is 29.8 Å². The number of likely N-dealkylation sites (N-methyl/N-ethyl adjacent to an activating group) is 1. The smallest absolute Gasteiger partial charge is 0.119 e. The number of rotatable bonds is 5. The molecule has 0 unspecified atom stereocenters. The van der Waals surface area contributed by atoms with Crippen LogP contribution in [0, 0.1) is 0 Å². The van der Waals surface area contributed by atoms with Crippen LogP contribution < -0.4 is 10.1 Å². The van der Waals surface area contributed by atoms with Crippen molar-refractivity contribution in [3.8, 4) is 5.75 Å². The Hall–Kier alpha value is -0.400. The van der Waals surface area contributed by atoms with Gasteiger partial charge in [-0.05, 0) is 31.2 Å². The molecule has 1 saturated heterocycles. The molecule has 0 aromatic heterocycles. The number of nitrogens with zero attached hydrogens (tertiary/aromatic N) is 1. The lowest BCUT2D eigenvalue weighted by molar-refractivity contribution is 0.173. The van der Waals surface area contributed by atoms with Crippen LogP contribution in [-0.2, 0) is 0 Å². The molecule has 2 rings (SSSR count). The van der Waals surface area contributed by atoms with E-state index in [4.69, 9.17) is 4.74 Å². The molecule has 1 fully saturated rings. The Morgan fingerprint density at radius 2 is 2.20 bits per heavy atom. The molecular formula is C14H26N2O2S2. The molecule has 0 radical (unpaired) electrons. The van der Waals surface area contributed by atoms with Gasteiger partial charge in [0, 0.05) is 25.7 Å². The zero-order valence-electron chi connectivity index (χ0n) is 12.1. The number of β-amino-alcohol motifs (C(OH)–C–C–N with tert-alkyl or cyclic N) is 1. The first-order valence-corrected chi connectivity index (χ1v) is 6.44. The van der Waals surface area contributed by atoms with Gasteiger partial charge >= 0.3 is 0 Å². The molecule has 0 spiro atoms. The Bertz CT molecular complexity index is 393. The lowest BCUT2D eigenvalue weighted by atomic mass is 10.1. The standard InChI is InChI=1S/C14H22N2O2.2H2S/c1-15-14(10-16-7-6-12(17)9-16)11-4-3-5-13(8-11)18-2;;/h3-5,8,12,14-15,17H,6-7,9-10H2,1-2H3;2*1H2/t12-,14-;;/m1../s1. The van der Waals surface area contributed by atoms with Crippen molar-refractivity contribution in [2.45, 2.75) is 18.6 Å². The Morgan fingerprint density at radius 3 is 2.75 bits per heavy atom. The van der Waals surface area contributed by atoms with E-state index in [0.29, 0.717) is 0 Å². The third kappa shape index (κ3) is 5.18. The lowest BCUT2D eigenvalue weighted by Crippen LogP contribution is -2.33. The summed E-state index contributed by atoms with van der Waals surface area (Å²) >= 11 is 0. The number of aliphatic hydroxyl groups is 1. The molecular weight excluding hydrogens is 292 g/mol. The summed E-state index contributed by atoms with van der Waals surface area (Å²) in [6.45, 7) is 2.67. The summed E-state index contributed by atoms with van der Waals surface area (Å²) in [7, 11) is 3.65. The topological polar surface area (TPSA) is 44.7 Å². The van der Waals surface area contributed by atoms with Crippen LogP contribution in [0.15, 0.2) is 24.3 Å². The molecule has 2 atom stereocenters. The highest BCUT2D eigenvalue weighted by atomic mass is 32.1. The Labute approximate surface area is 135 Å². The minimum atomic E-state index is -0.159. The van der Waals surface area contributed by atoms with Gasteiger partial charge in [0.25, 0.3) is 0 Å². The first-order valence-electron chi connectivity index (χ1n) is 6.44. The second-order valence-corrected chi connectivity index (χ2v) is 4.82. The second-order valence-electron chi connectivity index (χ2n) is 4.82. The predicted octanol–water partition coefficient (Wildman–Crippen LogP) is 1.25. The molecule has 116 valence electrons. The molecule has 6 heteroatoms. The maximum Gasteiger partial charge on any atom is 0.119 e. The molecule has 0 bridgehead atoms. The summed E-state index contributed by atoms with van der Waals surface area (Å²) < 4.78 is 5.26. The van der Waals surface area contributed by atoms with Gasteiger partial charge in [-0.15, -0.1) is 0 Å². The number of hydrogen-bond donors (Lipinski definition) is 2. The molecule has 1 aliphatic heterocycles. The number of benzene rings is 1. The number of likely N-dealkylation sites (tertiary alicyclic amines) is 1. The van der Waals surface area contributed by atoms with E-state index in [2.05, 4.69) is 22.3 Å². The second kappa shape index (κ2) is 9.52. The Kier molecular flexibility index (Phi) is 9.33. The summed E-state index contributed by atoms with van der Waals surface area (Å²) in [5, 5.41) is 12.9. The Balaban J connectivity index is 0.00000180. The van der Waals surface area contributed by atoms with Crippen LogP contribution in [0.25, 0.3) is 0 Å². The fourth-order valence-electron chi connectivity index (χ4n) is 2.46. The zero-order chi connectivity index (χ0) is 13.0. The van der Waals surface area contributed by atoms with Crippen LogP contribution in [0.2, 0.25) is 0 Å². The zero-order valence-corrected chi connectivity index (χ0v) is 14.1. The molecule has 1 aliphatic rings. The molecule has 1 aromatic rings. The van der Waals surface area contributed by atoms with Crippen LogP contribution in [0.4, 0.5) is 0 Å². The molecule has 1 heterocycles. The molecule has 1 aromatic carbocycles. The van der Waals surface area contributed by atoms with Crippen LogP contribution in [0.3, 0.4) is 0 Å². The predicted molar refractivity (Wildman–Crippen MR) is 92.6 cm³/mol. The highest BCUT2D eigenvalue weighted by molar-refractivity contribution is 7.59. The van der Waals surface area contributed by atoms with Gasteiger partial charge in [0.1, 0.15) is 5.75 Å². The highest BCUT2D eigenvalue weighted by Gasteiger charge is 2.23. The quantitative estimate of drug-likeness (QED) is 0.858. The Morgan fingerprint density at radius 1 is 1.45 bits per heavy atom. The van der Waals surface area contributed by atoms with Crippen molar-refractivity contribution in [1.29, 1.82) is 0 Å². The molecule has 4 nitrogen and oxygen atoms in total. The number of nitrogens with one attached hydrogen (secondary N) is 1. The van der Waals surface area contributed by atoms with Gasteiger partial charge in [-0.1, -0.05) is 12.1 Å². The van der Waals surface area contributed by atoms with Gasteiger partial charge < -0.3 is 15.2 Å². The van der Waals surface area contributed by atoms with Crippen LogP contribution in [0.5, 0.6) is 5.75 Å². The number of aliphatic hydroxyl groups excluding tert-OH is 1. The summed E-state index contributed by atoms with van der Waals surface area (Å²) in [5.41, 5.74) is 1.22. The van der Waals surface area contributed by atoms with Gasteiger partial charge in [0.05, 0.1) is 13.2 Å². The van der Waals surface area contributed by atoms with E-state index in [-0.39, 0.29) is 39.1 Å². The molecule has 0 aliphatic carbocycles. The minimum absolute atomic E-state index is 0. The summed E-state index contributed by atoms with van der Waals surface area (Å²) in [4.78, 5) is 2.30. The van der Waals surface area contributed by atoms with Crippen molar-refractivity contribution in [1.82, 2.24) is 10.2 Å². The summed E-state index contributed by atoms with van der Waals surface area (Å²) in [5.74, 6) is 0.884. The average molecular weight is 319 g/mol. The van der Waals surface area contributed by atoms with E-state index >= 15 is 0 Å². The van der Waals surface area contributed by atoms with Crippen molar-refractivity contribution in [2.75, 3.05) is 33.8 Å². The van der Waals surface area contributed by atoms with Gasteiger partial charge in [-0.3, -0.25) is 4.90 Å². The molecule has 2 N–H and O–H groups in total. The first kappa shape index (κ1) is 19.6. The van der Waals surface area contributed by atoms with Crippen LogP contribution in [0.1, 0.15) is 18.0 Å². The maximum atomic E-state index is 9.56. The summed E-state index contributed by atoms with van der Waals surface area (Å²) in [6, 6.07) is 8.40. The van der Waals surface area contributed by atoms with Crippen molar-refractivity contribution >= 4 is 27.0 Å². The van der Waals surface area contributed by atoms with Gasteiger partial charge in [0.2, 0.25) is 0 Å². The fourth-order valence-corrected chi connectivity index (χ4v) is 2.46. The van der Waals surface area contributed by atoms with Crippen molar-refractivity contribution in [2.24, 2.45) is 0 Å². The number of methoxy groups -OCH3 is 1. The van der Waals surface area contributed by atoms with E-state index < -0.39 is 0 Å². The van der Waals surface area contributed by atoms with Crippen LogP contribution in [-0.4, -0.2) is 49.9 Å².